The highest BCUT2D eigenvalue weighted by molar-refractivity contribution is 7.57. The zero-order valence-corrected chi connectivity index (χ0v) is 7.85. The number of methoxy groups -OCH3 is 1. The SMILES string of the molecule is COC(=O)CCCC(=O)PC. The second kappa shape index (κ2) is 6.29. The highest BCUT2D eigenvalue weighted by Gasteiger charge is 2.02. The summed E-state index contributed by atoms with van der Waals surface area (Å²) in [6.07, 6.45) is 1.48. The minimum Gasteiger partial charge on any atom is -0.469 e. The van der Waals surface area contributed by atoms with Crippen LogP contribution < -0.4 is 0 Å². The van der Waals surface area contributed by atoms with E-state index in [1.54, 1.807) is 0 Å². The third-order valence-corrected chi connectivity index (χ3v) is 2.10. The molecular formula is C7H13O3P. The Morgan fingerprint density at radius 2 is 2.00 bits per heavy atom. The molecule has 0 spiro atoms. The summed E-state index contributed by atoms with van der Waals surface area (Å²) in [5, 5.41) is 0. The van der Waals surface area contributed by atoms with Crippen LogP contribution in [0.25, 0.3) is 0 Å². The molecule has 1 unspecified atom stereocenters. The van der Waals surface area contributed by atoms with Crippen molar-refractivity contribution in [3.63, 3.8) is 0 Å². The molecule has 0 radical (unpaired) electrons. The molecule has 0 heterocycles. The average Bonchev–Trinajstić information content (AvgIpc) is 2.04. The first-order valence-electron chi connectivity index (χ1n) is 3.48. The summed E-state index contributed by atoms with van der Waals surface area (Å²) in [5.41, 5.74) is 0.230. The Balaban J connectivity index is 3.27. The van der Waals surface area contributed by atoms with Crippen LogP contribution >= 0.6 is 8.58 Å². The molecule has 4 heteroatoms. The zero-order valence-electron chi connectivity index (χ0n) is 6.85. The Bertz CT molecular complexity index is 129. The lowest BCUT2D eigenvalue weighted by Crippen LogP contribution is -2.00. The van der Waals surface area contributed by atoms with Gasteiger partial charge in [-0.15, -0.1) is 0 Å². The van der Waals surface area contributed by atoms with Crippen LogP contribution in [0.1, 0.15) is 19.3 Å². The topological polar surface area (TPSA) is 43.4 Å². The van der Waals surface area contributed by atoms with Crippen molar-refractivity contribution in [2.75, 3.05) is 13.8 Å². The summed E-state index contributed by atoms with van der Waals surface area (Å²) in [6, 6.07) is 0. The van der Waals surface area contributed by atoms with Crippen LogP contribution in [0, 0.1) is 0 Å². The Hall–Kier alpha value is -0.430. The number of carbonyl (C=O) groups excluding carboxylic acids is 2. The van der Waals surface area contributed by atoms with Gasteiger partial charge in [0.25, 0.3) is 0 Å². The van der Waals surface area contributed by atoms with E-state index in [0.29, 0.717) is 27.8 Å². The molecule has 0 aliphatic carbocycles. The van der Waals surface area contributed by atoms with Crippen LogP contribution in [0.5, 0.6) is 0 Å². The summed E-state index contributed by atoms with van der Waals surface area (Å²) >= 11 is 0. The van der Waals surface area contributed by atoms with Crippen molar-refractivity contribution in [2.24, 2.45) is 0 Å². The van der Waals surface area contributed by atoms with Gasteiger partial charge in [0.05, 0.1) is 7.11 Å². The Morgan fingerprint density at radius 3 is 2.45 bits per heavy atom. The van der Waals surface area contributed by atoms with Crippen molar-refractivity contribution < 1.29 is 14.3 Å². The predicted molar refractivity (Wildman–Crippen MR) is 45.1 cm³/mol. The van der Waals surface area contributed by atoms with E-state index in [9.17, 15) is 9.59 Å². The fourth-order valence-electron chi connectivity index (χ4n) is 0.620. The van der Waals surface area contributed by atoms with E-state index in [-0.39, 0.29) is 11.5 Å². The molecule has 3 nitrogen and oxygen atoms in total. The minimum atomic E-state index is -0.239. The van der Waals surface area contributed by atoms with Crippen LogP contribution in [0.4, 0.5) is 0 Å². The maximum absolute atomic E-state index is 10.7. The predicted octanol–water partition coefficient (Wildman–Crippen LogP) is 1.16. The number of carbonyl (C=O) groups is 2. The van der Waals surface area contributed by atoms with Gasteiger partial charge in [-0.2, -0.15) is 0 Å². The molecule has 0 N–H and O–H groups in total. The summed E-state index contributed by atoms with van der Waals surface area (Å²) in [7, 11) is 1.70. The van der Waals surface area contributed by atoms with Gasteiger partial charge in [0.1, 0.15) is 0 Å². The fourth-order valence-corrected chi connectivity index (χ4v) is 1.05. The molecule has 0 aromatic rings. The van der Waals surface area contributed by atoms with E-state index in [4.69, 9.17) is 0 Å². The summed E-state index contributed by atoms with van der Waals surface area (Å²) in [5.74, 6) is -0.239. The molecule has 0 fully saturated rings. The number of hydrogen-bond acceptors (Lipinski definition) is 3. The normalized spacial score (nSPS) is 10.4. The first kappa shape index (κ1) is 10.6. The van der Waals surface area contributed by atoms with E-state index in [1.165, 1.54) is 7.11 Å². The minimum absolute atomic E-state index is 0.230. The van der Waals surface area contributed by atoms with Gasteiger partial charge in [0, 0.05) is 12.8 Å². The van der Waals surface area contributed by atoms with Gasteiger partial charge in [-0.05, 0) is 13.1 Å². The molecule has 11 heavy (non-hydrogen) atoms. The highest BCUT2D eigenvalue weighted by atomic mass is 31.1. The number of rotatable bonds is 5. The fraction of sp³-hybridized carbons (Fsp3) is 0.714. The second-order valence-electron chi connectivity index (χ2n) is 2.10. The van der Waals surface area contributed by atoms with Crippen LogP contribution in [-0.4, -0.2) is 25.3 Å². The van der Waals surface area contributed by atoms with Gasteiger partial charge in [-0.3, -0.25) is 9.59 Å². The molecule has 0 rings (SSSR count). The Morgan fingerprint density at radius 1 is 1.36 bits per heavy atom. The van der Waals surface area contributed by atoms with Gasteiger partial charge in [-0.1, -0.05) is 8.58 Å². The summed E-state index contributed by atoms with van der Waals surface area (Å²) in [6.45, 7) is 1.85. The first-order chi connectivity index (χ1) is 5.20. The van der Waals surface area contributed by atoms with Crippen molar-refractivity contribution >= 4 is 20.1 Å². The molecule has 1 atom stereocenters. The van der Waals surface area contributed by atoms with Gasteiger partial charge in [-0.25, -0.2) is 0 Å². The van der Waals surface area contributed by atoms with Crippen LogP contribution in [0.3, 0.4) is 0 Å². The Labute approximate surface area is 68.3 Å². The smallest absolute Gasteiger partial charge is 0.305 e. The van der Waals surface area contributed by atoms with Gasteiger partial charge >= 0.3 is 5.97 Å². The van der Waals surface area contributed by atoms with Crippen molar-refractivity contribution in [3.8, 4) is 0 Å². The van der Waals surface area contributed by atoms with Gasteiger partial charge in [0.2, 0.25) is 0 Å². The third kappa shape index (κ3) is 5.99. The van der Waals surface area contributed by atoms with Crippen molar-refractivity contribution in [1.82, 2.24) is 0 Å². The van der Waals surface area contributed by atoms with E-state index in [0.717, 1.165) is 0 Å². The maximum Gasteiger partial charge on any atom is 0.305 e. The lowest BCUT2D eigenvalue weighted by molar-refractivity contribution is -0.140. The molecule has 0 aliphatic rings. The molecular weight excluding hydrogens is 163 g/mol. The van der Waals surface area contributed by atoms with E-state index >= 15 is 0 Å². The van der Waals surface area contributed by atoms with Crippen molar-refractivity contribution in [3.05, 3.63) is 0 Å². The number of esters is 1. The summed E-state index contributed by atoms with van der Waals surface area (Å²) < 4.78 is 4.42. The monoisotopic (exact) mass is 176 g/mol. The van der Waals surface area contributed by atoms with Crippen LogP contribution in [-0.2, 0) is 14.3 Å². The van der Waals surface area contributed by atoms with E-state index in [2.05, 4.69) is 4.74 Å². The second-order valence-corrected chi connectivity index (χ2v) is 3.16. The van der Waals surface area contributed by atoms with Crippen molar-refractivity contribution in [2.45, 2.75) is 19.3 Å². The molecule has 0 saturated heterocycles. The van der Waals surface area contributed by atoms with E-state index < -0.39 is 0 Å². The molecule has 0 aliphatic heterocycles. The lowest BCUT2D eigenvalue weighted by Gasteiger charge is -1.97. The zero-order chi connectivity index (χ0) is 8.69. The van der Waals surface area contributed by atoms with E-state index in [1.807, 2.05) is 6.66 Å². The first-order valence-corrected chi connectivity index (χ1v) is 4.98. The quantitative estimate of drug-likeness (QED) is 0.466. The third-order valence-electron chi connectivity index (χ3n) is 1.29. The Kier molecular flexibility index (Phi) is 6.05. The average molecular weight is 176 g/mol. The molecule has 0 amide bonds. The highest BCUT2D eigenvalue weighted by Crippen LogP contribution is 2.10. The molecule has 64 valence electrons. The van der Waals surface area contributed by atoms with Crippen LogP contribution in [0.2, 0.25) is 0 Å². The molecule has 0 bridgehead atoms. The maximum atomic E-state index is 10.7. The van der Waals surface area contributed by atoms with Gasteiger partial charge in [0.15, 0.2) is 5.52 Å². The molecule has 0 aromatic carbocycles. The van der Waals surface area contributed by atoms with Crippen molar-refractivity contribution in [1.29, 1.82) is 0 Å². The lowest BCUT2D eigenvalue weighted by atomic mass is 10.2. The molecule has 0 aromatic heterocycles. The molecule has 0 saturated carbocycles. The largest absolute Gasteiger partial charge is 0.469 e. The standard InChI is InChI=1S/C7H13O3P/c1-10-6(8)4-3-5-7(9)11-2/h11H,3-5H2,1-2H3. The van der Waals surface area contributed by atoms with Crippen LogP contribution in [0.15, 0.2) is 0 Å². The number of hydrogen-bond donors (Lipinski definition) is 0. The summed E-state index contributed by atoms with van der Waals surface area (Å²) in [4.78, 5) is 21.3. The number of ether oxygens (including phenoxy) is 1. The van der Waals surface area contributed by atoms with Gasteiger partial charge < -0.3 is 4.74 Å².